The van der Waals surface area contributed by atoms with Gasteiger partial charge in [-0.05, 0) is 37.1 Å². The Morgan fingerprint density at radius 1 is 1.04 bits per heavy atom. The van der Waals surface area contributed by atoms with Crippen molar-refractivity contribution in [1.29, 1.82) is 0 Å². The molecule has 148 valence electrons. The van der Waals surface area contributed by atoms with E-state index in [2.05, 4.69) is 31.5 Å². The first-order valence-corrected chi connectivity index (χ1v) is 10.5. The van der Waals surface area contributed by atoms with Gasteiger partial charge in [-0.25, -0.2) is 0 Å². The average Bonchev–Trinajstić information content (AvgIpc) is 2.72. The summed E-state index contributed by atoms with van der Waals surface area (Å²) in [5.74, 6) is -0.378. The van der Waals surface area contributed by atoms with Crippen LogP contribution in [0.4, 0.5) is 0 Å². The molecule has 2 N–H and O–H groups in total. The Balaban J connectivity index is 1.50. The summed E-state index contributed by atoms with van der Waals surface area (Å²) in [5.41, 5.74) is 0.580. The fourth-order valence-corrected chi connectivity index (χ4v) is 4.31. The second-order valence-corrected chi connectivity index (χ2v) is 8.27. The minimum atomic E-state index is -0.238. The zero-order chi connectivity index (χ0) is 19.1. The highest BCUT2D eigenvalue weighted by Gasteiger charge is 2.38. The van der Waals surface area contributed by atoms with Crippen LogP contribution in [-0.2, 0) is 9.53 Å². The third-order valence-corrected chi connectivity index (χ3v) is 6.13. The Morgan fingerprint density at radius 3 is 2.37 bits per heavy atom. The van der Waals surface area contributed by atoms with Gasteiger partial charge in [0.05, 0.1) is 19.8 Å². The third-order valence-electron chi connectivity index (χ3n) is 5.60. The smallest absolute Gasteiger partial charge is 0.251 e. The lowest BCUT2D eigenvalue weighted by Gasteiger charge is -2.48. The van der Waals surface area contributed by atoms with Gasteiger partial charge in [-0.3, -0.25) is 14.5 Å². The van der Waals surface area contributed by atoms with E-state index < -0.39 is 0 Å². The molecule has 2 aliphatic rings. The number of nitrogens with zero attached hydrogens (tertiary/aromatic N) is 1. The number of rotatable bonds is 6. The molecule has 0 aromatic heterocycles. The van der Waals surface area contributed by atoms with E-state index in [0.29, 0.717) is 12.1 Å². The molecule has 0 atom stereocenters. The first-order chi connectivity index (χ1) is 13.1. The largest absolute Gasteiger partial charge is 0.379 e. The topological polar surface area (TPSA) is 70.7 Å². The van der Waals surface area contributed by atoms with Crippen LogP contribution >= 0.6 is 15.9 Å². The van der Waals surface area contributed by atoms with E-state index in [9.17, 15) is 9.59 Å². The number of halogens is 1. The first kappa shape index (κ1) is 20.3. The molecule has 1 saturated heterocycles. The van der Waals surface area contributed by atoms with E-state index in [-0.39, 0.29) is 23.9 Å². The van der Waals surface area contributed by atoms with Crippen molar-refractivity contribution in [2.45, 2.75) is 37.6 Å². The Labute approximate surface area is 169 Å². The number of nitrogens with one attached hydrogen (secondary N) is 2. The van der Waals surface area contributed by atoms with E-state index in [1.165, 1.54) is 19.3 Å². The normalized spacial score (nSPS) is 20.0. The molecule has 27 heavy (non-hydrogen) atoms. The summed E-state index contributed by atoms with van der Waals surface area (Å²) in [7, 11) is 0. The van der Waals surface area contributed by atoms with Gasteiger partial charge < -0.3 is 15.4 Å². The molecule has 0 radical (unpaired) electrons. The molecule has 1 aliphatic carbocycles. The minimum Gasteiger partial charge on any atom is -0.379 e. The molecular weight excluding hydrogens is 410 g/mol. The maximum atomic E-state index is 12.3. The third kappa shape index (κ3) is 5.53. The van der Waals surface area contributed by atoms with E-state index in [0.717, 1.165) is 43.6 Å². The molecule has 0 spiro atoms. The molecule has 2 fully saturated rings. The number of ether oxygens (including phenoxy) is 1. The fraction of sp³-hybridized carbons (Fsp3) is 0.600. The second kappa shape index (κ2) is 9.66. The zero-order valence-corrected chi connectivity index (χ0v) is 17.2. The van der Waals surface area contributed by atoms with Crippen LogP contribution < -0.4 is 10.6 Å². The van der Waals surface area contributed by atoms with Gasteiger partial charge in [0.2, 0.25) is 5.91 Å². The summed E-state index contributed by atoms with van der Waals surface area (Å²) in [5, 5.41) is 5.76. The van der Waals surface area contributed by atoms with Gasteiger partial charge in [0.15, 0.2) is 0 Å². The summed E-state index contributed by atoms with van der Waals surface area (Å²) in [6.45, 7) is 4.01. The van der Waals surface area contributed by atoms with Crippen LogP contribution in [0, 0.1) is 0 Å². The van der Waals surface area contributed by atoms with Gasteiger partial charge in [-0.2, -0.15) is 0 Å². The lowest BCUT2D eigenvalue weighted by Crippen LogP contribution is -2.60. The van der Waals surface area contributed by atoms with Gasteiger partial charge >= 0.3 is 0 Å². The standard InChI is InChI=1S/C20H28BrN3O3/c21-17-6-4-16(5-7-17)19(26)22-14-18(25)23-15-20(8-2-1-3-9-20)24-10-12-27-13-11-24/h4-7H,1-3,8-15H2,(H,22,26)(H,23,25). The maximum absolute atomic E-state index is 12.3. The quantitative estimate of drug-likeness (QED) is 0.716. The van der Waals surface area contributed by atoms with Gasteiger partial charge in [0.1, 0.15) is 0 Å². The highest BCUT2D eigenvalue weighted by molar-refractivity contribution is 9.10. The molecule has 1 aromatic rings. The first-order valence-electron chi connectivity index (χ1n) is 9.72. The van der Waals surface area contributed by atoms with E-state index >= 15 is 0 Å². The Bertz CT molecular complexity index is 638. The Hall–Kier alpha value is -1.44. The summed E-state index contributed by atoms with van der Waals surface area (Å²) >= 11 is 3.35. The van der Waals surface area contributed by atoms with Crippen LogP contribution in [0.2, 0.25) is 0 Å². The minimum absolute atomic E-state index is 0.00586. The SMILES string of the molecule is O=C(CNC(=O)c1ccc(Br)cc1)NCC1(N2CCOCC2)CCCCC1. The highest BCUT2D eigenvalue weighted by atomic mass is 79.9. The summed E-state index contributed by atoms with van der Waals surface area (Å²) in [6, 6.07) is 7.08. The molecule has 0 bridgehead atoms. The van der Waals surface area contributed by atoms with Gasteiger partial charge in [-0.1, -0.05) is 35.2 Å². The molecule has 6 nitrogen and oxygen atoms in total. The summed E-state index contributed by atoms with van der Waals surface area (Å²) < 4.78 is 6.41. The predicted molar refractivity (Wildman–Crippen MR) is 108 cm³/mol. The second-order valence-electron chi connectivity index (χ2n) is 7.35. The molecule has 3 rings (SSSR count). The predicted octanol–water partition coefficient (Wildman–Crippen LogP) is 2.33. The van der Waals surface area contributed by atoms with Crippen LogP contribution in [0.15, 0.2) is 28.7 Å². The molecule has 0 unspecified atom stereocenters. The zero-order valence-electron chi connectivity index (χ0n) is 15.6. The Morgan fingerprint density at radius 2 is 1.70 bits per heavy atom. The molecule has 1 aromatic carbocycles. The van der Waals surface area contributed by atoms with E-state index in [1.54, 1.807) is 12.1 Å². The van der Waals surface area contributed by atoms with E-state index in [1.807, 2.05) is 12.1 Å². The fourth-order valence-electron chi connectivity index (χ4n) is 4.04. The van der Waals surface area contributed by atoms with Gasteiger partial charge in [-0.15, -0.1) is 0 Å². The van der Waals surface area contributed by atoms with Crippen molar-refractivity contribution in [3.8, 4) is 0 Å². The van der Waals surface area contributed by atoms with Crippen LogP contribution in [-0.4, -0.2) is 61.6 Å². The van der Waals surface area contributed by atoms with E-state index in [4.69, 9.17) is 4.74 Å². The number of carbonyl (C=O) groups is 2. The van der Waals surface area contributed by atoms with Crippen molar-refractivity contribution in [1.82, 2.24) is 15.5 Å². The van der Waals surface area contributed by atoms with Crippen molar-refractivity contribution in [2.24, 2.45) is 0 Å². The van der Waals surface area contributed by atoms with Crippen LogP contribution in [0.1, 0.15) is 42.5 Å². The number of morpholine rings is 1. The highest BCUT2D eigenvalue weighted by Crippen LogP contribution is 2.33. The lowest BCUT2D eigenvalue weighted by molar-refractivity contribution is -0.121. The van der Waals surface area contributed by atoms with Crippen LogP contribution in [0.5, 0.6) is 0 Å². The number of amides is 2. The van der Waals surface area contributed by atoms with Gasteiger partial charge in [0.25, 0.3) is 5.91 Å². The van der Waals surface area contributed by atoms with Gasteiger partial charge in [0, 0.05) is 35.2 Å². The summed E-state index contributed by atoms with van der Waals surface area (Å²) in [6.07, 6.45) is 5.89. The van der Waals surface area contributed by atoms with Crippen molar-refractivity contribution in [3.05, 3.63) is 34.3 Å². The number of benzene rings is 1. The maximum Gasteiger partial charge on any atom is 0.251 e. The van der Waals surface area contributed by atoms with Crippen LogP contribution in [0.3, 0.4) is 0 Å². The van der Waals surface area contributed by atoms with Crippen molar-refractivity contribution in [3.63, 3.8) is 0 Å². The Kier molecular flexibility index (Phi) is 7.26. The van der Waals surface area contributed by atoms with Crippen molar-refractivity contribution in [2.75, 3.05) is 39.4 Å². The number of carbonyl (C=O) groups excluding carboxylic acids is 2. The average molecular weight is 438 g/mol. The molecule has 2 amide bonds. The lowest BCUT2D eigenvalue weighted by atomic mass is 9.79. The molecule has 7 heteroatoms. The molecular formula is C20H28BrN3O3. The monoisotopic (exact) mass is 437 g/mol. The van der Waals surface area contributed by atoms with Crippen molar-refractivity contribution < 1.29 is 14.3 Å². The van der Waals surface area contributed by atoms with Crippen molar-refractivity contribution >= 4 is 27.7 Å². The molecule has 1 heterocycles. The summed E-state index contributed by atoms with van der Waals surface area (Å²) in [4.78, 5) is 27.0. The molecule has 1 saturated carbocycles. The number of hydrogen-bond donors (Lipinski definition) is 2. The van der Waals surface area contributed by atoms with Crippen LogP contribution in [0.25, 0.3) is 0 Å². The molecule has 1 aliphatic heterocycles. The number of hydrogen-bond acceptors (Lipinski definition) is 4.